The van der Waals surface area contributed by atoms with Crippen LogP contribution in [0.3, 0.4) is 0 Å². The molecule has 2 heterocycles. The molecular weight excluding hydrogens is 387 g/mol. The summed E-state index contributed by atoms with van der Waals surface area (Å²) in [5.41, 5.74) is 0.0966. The van der Waals surface area contributed by atoms with Crippen LogP contribution in [0, 0.1) is 0 Å². The van der Waals surface area contributed by atoms with E-state index in [0.29, 0.717) is 24.2 Å². The fraction of sp³-hybridized carbons (Fsp3) is 0.667. The van der Waals surface area contributed by atoms with Gasteiger partial charge < -0.3 is 19.1 Å². The number of piperidine rings is 1. The third-order valence-electron chi connectivity index (χ3n) is 5.03. The van der Waals surface area contributed by atoms with E-state index in [9.17, 15) is 18.0 Å². The topological polar surface area (TPSA) is 48.0 Å². The Hall–Kier alpha value is -1.96. The number of alkyl halides is 3. The second-order valence-corrected chi connectivity index (χ2v) is 8.74. The molecule has 3 atom stereocenters. The van der Waals surface area contributed by atoms with E-state index in [1.54, 1.807) is 24.3 Å². The van der Waals surface area contributed by atoms with Crippen LogP contribution < -0.4 is 4.74 Å². The highest BCUT2D eigenvalue weighted by molar-refractivity contribution is 5.69. The van der Waals surface area contributed by atoms with Crippen LogP contribution in [-0.2, 0) is 16.1 Å². The van der Waals surface area contributed by atoms with Crippen LogP contribution in [0.2, 0.25) is 0 Å². The van der Waals surface area contributed by atoms with Crippen molar-refractivity contribution in [1.29, 1.82) is 0 Å². The molecule has 29 heavy (non-hydrogen) atoms. The first-order valence-corrected chi connectivity index (χ1v) is 9.91. The average molecular weight is 415 g/mol. The lowest BCUT2D eigenvalue weighted by Gasteiger charge is -2.39. The van der Waals surface area contributed by atoms with E-state index < -0.39 is 18.4 Å². The smallest absolute Gasteiger partial charge is 0.411 e. The molecule has 1 amide bonds. The molecular formula is C21H28F3NO4. The Morgan fingerprint density at radius 3 is 2.38 bits per heavy atom. The molecule has 0 spiro atoms. The van der Waals surface area contributed by atoms with Crippen molar-refractivity contribution in [3.8, 4) is 5.75 Å². The average Bonchev–Trinajstić information content (AvgIpc) is 2.84. The Morgan fingerprint density at radius 1 is 1.14 bits per heavy atom. The van der Waals surface area contributed by atoms with Gasteiger partial charge in [0, 0.05) is 24.9 Å². The standard InChI is InChI=1S/C21H28F3NO4/c1-20(2,3)29-19(26)25-15-7-8-16(25)11-18(10-15)28-17-6-4-5-14(9-17)12-27-13-21(22,23)24/h4-6,9,15-16,18H,7-8,10-13H2,1-3H3/t15-,16+,18+. The summed E-state index contributed by atoms with van der Waals surface area (Å²) in [6, 6.07) is 7.12. The van der Waals surface area contributed by atoms with Crippen LogP contribution in [0.15, 0.2) is 24.3 Å². The number of hydrogen-bond acceptors (Lipinski definition) is 4. The number of rotatable bonds is 5. The molecule has 2 bridgehead atoms. The molecule has 0 saturated carbocycles. The van der Waals surface area contributed by atoms with Gasteiger partial charge in [0.25, 0.3) is 0 Å². The van der Waals surface area contributed by atoms with E-state index in [1.165, 1.54) is 0 Å². The first kappa shape index (κ1) is 21.7. The van der Waals surface area contributed by atoms with Crippen molar-refractivity contribution in [3.05, 3.63) is 29.8 Å². The molecule has 8 heteroatoms. The van der Waals surface area contributed by atoms with Crippen LogP contribution in [-0.4, -0.2) is 47.6 Å². The zero-order valence-corrected chi connectivity index (χ0v) is 17.0. The summed E-state index contributed by atoms with van der Waals surface area (Å²) in [5.74, 6) is 0.605. The molecule has 1 aromatic carbocycles. The maximum absolute atomic E-state index is 12.5. The summed E-state index contributed by atoms with van der Waals surface area (Å²) in [7, 11) is 0. The summed E-state index contributed by atoms with van der Waals surface area (Å²) in [6.07, 6.45) is -1.38. The number of benzene rings is 1. The molecule has 2 saturated heterocycles. The Morgan fingerprint density at radius 2 is 1.79 bits per heavy atom. The summed E-state index contributed by atoms with van der Waals surface area (Å²) in [6.45, 7) is 4.17. The first-order chi connectivity index (χ1) is 13.5. The van der Waals surface area contributed by atoms with Gasteiger partial charge in [0.15, 0.2) is 0 Å². The molecule has 0 aliphatic carbocycles. The maximum Gasteiger partial charge on any atom is 0.411 e. The van der Waals surface area contributed by atoms with Gasteiger partial charge in [-0.15, -0.1) is 0 Å². The van der Waals surface area contributed by atoms with Crippen LogP contribution >= 0.6 is 0 Å². The molecule has 0 aromatic heterocycles. The van der Waals surface area contributed by atoms with E-state index in [-0.39, 0.29) is 30.9 Å². The fourth-order valence-electron chi connectivity index (χ4n) is 4.02. The third-order valence-corrected chi connectivity index (χ3v) is 5.03. The SMILES string of the molecule is CC(C)(C)OC(=O)N1[C@@H]2CC[C@H]1C[C@@H](Oc1cccc(COCC(F)(F)F)c1)C2. The fourth-order valence-corrected chi connectivity index (χ4v) is 4.02. The van der Waals surface area contributed by atoms with Crippen LogP contribution in [0.1, 0.15) is 52.0 Å². The largest absolute Gasteiger partial charge is 0.490 e. The minimum absolute atomic E-state index is 0.0440. The monoisotopic (exact) mass is 415 g/mol. The molecule has 0 radical (unpaired) electrons. The van der Waals surface area contributed by atoms with Crippen molar-refractivity contribution < 1.29 is 32.2 Å². The van der Waals surface area contributed by atoms with Crippen molar-refractivity contribution in [2.45, 2.75) is 83.0 Å². The molecule has 0 unspecified atom stereocenters. The maximum atomic E-state index is 12.5. The number of carbonyl (C=O) groups excluding carboxylic acids is 1. The number of nitrogens with zero attached hydrogens (tertiary/aromatic N) is 1. The van der Waals surface area contributed by atoms with Gasteiger partial charge >= 0.3 is 12.3 Å². The Kier molecular flexibility index (Phi) is 6.31. The molecule has 162 valence electrons. The van der Waals surface area contributed by atoms with Gasteiger partial charge in [-0.1, -0.05) is 12.1 Å². The van der Waals surface area contributed by atoms with Gasteiger partial charge in [0.1, 0.15) is 24.1 Å². The number of amides is 1. The predicted octanol–water partition coefficient (Wildman–Crippen LogP) is 5.07. The van der Waals surface area contributed by atoms with Gasteiger partial charge in [0.2, 0.25) is 0 Å². The quantitative estimate of drug-likeness (QED) is 0.673. The van der Waals surface area contributed by atoms with Crippen molar-refractivity contribution >= 4 is 6.09 Å². The number of carbonyl (C=O) groups is 1. The van der Waals surface area contributed by atoms with Gasteiger partial charge in [0.05, 0.1) is 6.61 Å². The number of hydrogen-bond donors (Lipinski definition) is 0. The molecule has 2 aliphatic heterocycles. The van der Waals surface area contributed by atoms with Gasteiger partial charge in [-0.25, -0.2) is 4.79 Å². The van der Waals surface area contributed by atoms with E-state index in [1.807, 2.05) is 25.7 Å². The van der Waals surface area contributed by atoms with E-state index in [0.717, 1.165) is 12.8 Å². The van der Waals surface area contributed by atoms with Gasteiger partial charge in [-0.3, -0.25) is 0 Å². The van der Waals surface area contributed by atoms with Crippen LogP contribution in [0.25, 0.3) is 0 Å². The van der Waals surface area contributed by atoms with E-state index in [4.69, 9.17) is 14.2 Å². The number of halogens is 3. The highest BCUT2D eigenvalue weighted by atomic mass is 19.4. The van der Waals surface area contributed by atoms with Crippen molar-refractivity contribution in [2.24, 2.45) is 0 Å². The summed E-state index contributed by atoms with van der Waals surface area (Å²) in [4.78, 5) is 14.4. The molecule has 2 fully saturated rings. The summed E-state index contributed by atoms with van der Waals surface area (Å²) >= 11 is 0. The third kappa shape index (κ3) is 6.26. The second-order valence-electron chi connectivity index (χ2n) is 8.74. The highest BCUT2D eigenvalue weighted by Crippen LogP contribution is 2.38. The van der Waals surface area contributed by atoms with Gasteiger partial charge in [-0.05, 0) is 51.3 Å². The van der Waals surface area contributed by atoms with Crippen LogP contribution in [0.5, 0.6) is 5.75 Å². The minimum Gasteiger partial charge on any atom is -0.490 e. The lowest BCUT2D eigenvalue weighted by molar-refractivity contribution is -0.176. The molecule has 3 rings (SSSR count). The van der Waals surface area contributed by atoms with E-state index in [2.05, 4.69) is 0 Å². The summed E-state index contributed by atoms with van der Waals surface area (Å²) in [5, 5.41) is 0. The Bertz CT molecular complexity index is 703. The lowest BCUT2D eigenvalue weighted by atomic mass is 10.00. The second kappa shape index (κ2) is 8.42. The lowest BCUT2D eigenvalue weighted by Crippen LogP contribution is -2.50. The van der Waals surface area contributed by atoms with Gasteiger partial charge in [-0.2, -0.15) is 13.2 Å². The molecule has 2 aliphatic rings. The van der Waals surface area contributed by atoms with Crippen LogP contribution in [0.4, 0.5) is 18.0 Å². The van der Waals surface area contributed by atoms with E-state index >= 15 is 0 Å². The minimum atomic E-state index is -4.34. The molecule has 1 aromatic rings. The number of ether oxygens (including phenoxy) is 3. The Labute approximate surface area is 169 Å². The highest BCUT2D eigenvalue weighted by Gasteiger charge is 2.45. The van der Waals surface area contributed by atoms with Crippen molar-refractivity contribution in [2.75, 3.05) is 6.61 Å². The first-order valence-electron chi connectivity index (χ1n) is 9.91. The summed E-state index contributed by atoms with van der Waals surface area (Å²) < 4.78 is 53.0. The zero-order valence-electron chi connectivity index (χ0n) is 17.0. The molecule has 5 nitrogen and oxygen atoms in total. The molecule has 0 N–H and O–H groups in total. The normalized spacial score (nSPS) is 24.5. The van der Waals surface area contributed by atoms with Crippen molar-refractivity contribution in [1.82, 2.24) is 4.90 Å². The van der Waals surface area contributed by atoms with Crippen molar-refractivity contribution in [3.63, 3.8) is 0 Å². The Balaban J connectivity index is 1.55. The zero-order chi connectivity index (χ0) is 21.2. The predicted molar refractivity (Wildman–Crippen MR) is 101 cm³/mol. The number of fused-ring (bicyclic) bond motifs is 2.